The number of nitrogens with zero attached hydrogens (tertiary/aromatic N) is 3. The van der Waals surface area contributed by atoms with Gasteiger partial charge in [-0.3, -0.25) is 0 Å². The Balaban J connectivity index is 1.66. The minimum Gasteiger partial charge on any atom is -0.469 e. The van der Waals surface area contributed by atoms with Gasteiger partial charge in [-0.05, 0) is 58.2 Å². The number of hydrogen-bond acceptors (Lipinski definition) is 6. The van der Waals surface area contributed by atoms with Crippen LogP contribution in [0.15, 0.2) is 29.4 Å². The van der Waals surface area contributed by atoms with Crippen LogP contribution in [-0.4, -0.2) is 21.8 Å². The van der Waals surface area contributed by atoms with Gasteiger partial charge in [0.1, 0.15) is 17.8 Å². The van der Waals surface area contributed by atoms with Crippen molar-refractivity contribution >= 4 is 11.8 Å². The van der Waals surface area contributed by atoms with E-state index >= 15 is 0 Å². The summed E-state index contributed by atoms with van der Waals surface area (Å²) in [5.41, 5.74) is 8.86. The first-order valence-electron chi connectivity index (χ1n) is 8.98. The zero-order valence-electron chi connectivity index (χ0n) is 16.0. The maximum atomic E-state index is 12.1. The van der Waals surface area contributed by atoms with E-state index < -0.39 is 5.97 Å². The maximum absolute atomic E-state index is 12.1. The molecule has 0 unspecified atom stereocenters. The first-order valence-corrected chi connectivity index (χ1v) is 8.98. The zero-order valence-corrected chi connectivity index (χ0v) is 16.0. The quantitative estimate of drug-likeness (QED) is 0.363. The molecule has 2 N–H and O–H groups in total. The summed E-state index contributed by atoms with van der Waals surface area (Å²) >= 11 is 0. The number of hydrogen-bond donors (Lipinski definition) is 1. The van der Waals surface area contributed by atoms with Gasteiger partial charge >= 0.3 is 5.97 Å². The summed E-state index contributed by atoms with van der Waals surface area (Å²) in [6.07, 6.45) is 1.78. The molecule has 7 nitrogen and oxygen atoms in total. The minimum absolute atomic E-state index is 0.231. The molecule has 1 aromatic carbocycles. The standard InChI is InChI=1S/C20H24N4O3/c1-11-12(2)22-14(4)23-19(11)26-13(3)15-5-9-17(10-6-15)20(25)27-24-18(21)16-7-8-16/h5-6,9-10,13,16H,7-8H2,1-4H3,(H2,21,24)/t13-/m0/s1. The van der Waals surface area contributed by atoms with E-state index in [0.717, 1.165) is 29.7 Å². The fourth-order valence-electron chi connectivity index (χ4n) is 2.58. The van der Waals surface area contributed by atoms with Crippen LogP contribution >= 0.6 is 0 Å². The Kier molecular flexibility index (Phi) is 5.39. The number of amidine groups is 1. The Morgan fingerprint density at radius 2 is 1.85 bits per heavy atom. The van der Waals surface area contributed by atoms with Crippen molar-refractivity contribution < 1.29 is 14.4 Å². The predicted octanol–water partition coefficient (Wildman–Crippen LogP) is 3.38. The molecule has 1 heterocycles. The van der Waals surface area contributed by atoms with Crippen molar-refractivity contribution in [2.24, 2.45) is 16.8 Å². The highest BCUT2D eigenvalue weighted by atomic mass is 16.7. The van der Waals surface area contributed by atoms with E-state index in [1.165, 1.54) is 0 Å². The largest absolute Gasteiger partial charge is 0.469 e. The number of carbonyl (C=O) groups excluding carboxylic acids is 1. The molecule has 0 amide bonds. The fourth-order valence-corrected chi connectivity index (χ4v) is 2.58. The first-order chi connectivity index (χ1) is 12.8. The Hall–Kier alpha value is -2.96. The fraction of sp³-hybridized carbons (Fsp3) is 0.400. The number of nitrogens with two attached hydrogens (primary N) is 1. The highest BCUT2D eigenvalue weighted by Gasteiger charge is 2.26. The smallest absolute Gasteiger partial charge is 0.365 e. The first kappa shape index (κ1) is 18.8. The number of ether oxygens (including phenoxy) is 1. The molecule has 0 saturated heterocycles. The summed E-state index contributed by atoms with van der Waals surface area (Å²) in [5.74, 6) is 1.35. The molecule has 0 aliphatic heterocycles. The van der Waals surface area contributed by atoms with Gasteiger partial charge < -0.3 is 15.3 Å². The molecule has 0 radical (unpaired) electrons. The second-order valence-electron chi connectivity index (χ2n) is 6.84. The van der Waals surface area contributed by atoms with Crippen molar-refractivity contribution in [3.63, 3.8) is 0 Å². The molecule has 2 aromatic rings. The molecule has 7 heteroatoms. The molecule has 0 bridgehead atoms. The van der Waals surface area contributed by atoms with Crippen LogP contribution in [-0.2, 0) is 4.84 Å². The van der Waals surface area contributed by atoms with Crippen LogP contribution < -0.4 is 10.5 Å². The van der Waals surface area contributed by atoms with Crippen molar-refractivity contribution in [1.29, 1.82) is 0 Å². The van der Waals surface area contributed by atoms with E-state index in [9.17, 15) is 4.79 Å². The topological polar surface area (TPSA) is 99.7 Å². The van der Waals surface area contributed by atoms with Crippen LogP contribution in [0.3, 0.4) is 0 Å². The number of benzene rings is 1. The molecule has 1 atom stereocenters. The summed E-state index contributed by atoms with van der Waals surface area (Å²) in [5, 5.41) is 3.71. The summed E-state index contributed by atoms with van der Waals surface area (Å²) in [6, 6.07) is 7.02. The number of rotatable bonds is 6. The highest BCUT2D eigenvalue weighted by Crippen LogP contribution is 2.29. The molecular formula is C20H24N4O3. The van der Waals surface area contributed by atoms with Gasteiger partial charge in [-0.2, -0.15) is 4.98 Å². The van der Waals surface area contributed by atoms with E-state index in [1.54, 1.807) is 12.1 Å². The number of carbonyl (C=O) groups is 1. The Morgan fingerprint density at radius 1 is 1.19 bits per heavy atom. The lowest BCUT2D eigenvalue weighted by Crippen LogP contribution is -2.15. The molecule has 1 saturated carbocycles. The third-order valence-corrected chi connectivity index (χ3v) is 4.59. The summed E-state index contributed by atoms with van der Waals surface area (Å²) in [7, 11) is 0. The van der Waals surface area contributed by atoms with Crippen LogP contribution in [0.1, 0.15) is 58.9 Å². The van der Waals surface area contributed by atoms with Crippen LogP contribution in [0, 0.1) is 26.7 Å². The van der Waals surface area contributed by atoms with E-state index in [2.05, 4.69) is 15.1 Å². The monoisotopic (exact) mass is 368 g/mol. The SMILES string of the molecule is Cc1nc(C)c(C)c(O[C@@H](C)c2ccc(C(=O)O/N=C(\N)C3CC3)cc2)n1. The van der Waals surface area contributed by atoms with Crippen LogP contribution in [0.4, 0.5) is 0 Å². The summed E-state index contributed by atoms with van der Waals surface area (Å²) < 4.78 is 6.00. The molecule has 1 aromatic heterocycles. The van der Waals surface area contributed by atoms with Gasteiger partial charge in [-0.25, -0.2) is 9.78 Å². The zero-order chi connectivity index (χ0) is 19.6. The van der Waals surface area contributed by atoms with Gasteiger partial charge in [0.05, 0.1) is 5.56 Å². The number of aryl methyl sites for hydroxylation is 2. The summed E-state index contributed by atoms with van der Waals surface area (Å²) in [4.78, 5) is 25.7. The average Bonchev–Trinajstić information content (AvgIpc) is 3.48. The molecule has 1 aliphatic carbocycles. The van der Waals surface area contributed by atoms with E-state index in [-0.39, 0.29) is 12.0 Å². The van der Waals surface area contributed by atoms with Crippen molar-refractivity contribution in [2.75, 3.05) is 0 Å². The van der Waals surface area contributed by atoms with Crippen molar-refractivity contribution in [2.45, 2.75) is 46.6 Å². The second-order valence-corrected chi connectivity index (χ2v) is 6.84. The Morgan fingerprint density at radius 3 is 2.48 bits per heavy atom. The normalized spacial score (nSPS) is 15.3. The Labute approximate surface area is 158 Å². The second kappa shape index (κ2) is 7.73. The van der Waals surface area contributed by atoms with Gasteiger partial charge in [0.15, 0.2) is 0 Å². The molecule has 0 spiro atoms. The maximum Gasteiger partial charge on any atom is 0.365 e. The lowest BCUT2D eigenvalue weighted by molar-refractivity contribution is 0.0514. The third-order valence-electron chi connectivity index (χ3n) is 4.59. The van der Waals surface area contributed by atoms with Crippen molar-refractivity contribution in [1.82, 2.24) is 9.97 Å². The minimum atomic E-state index is -0.531. The van der Waals surface area contributed by atoms with Crippen molar-refractivity contribution in [3.05, 3.63) is 52.5 Å². The predicted molar refractivity (Wildman–Crippen MR) is 101 cm³/mol. The van der Waals surface area contributed by atoms with Crippen LogP contribution in [0.2, 0.25) is 0 Å². The number of oxime groups is 1. The molecule has 3 rings (SSSR count). The van der Waals surface area contributed by atoms with E-state index in [4.69, 9.17) is 15.3 Å². The van der Waals surface area contributed by atoms with Gasteiger partial charge in [0.2, 0.25) is 5.88 Å². The molecule has 27 heavy (non-hydrogen) atoms. The number of aromatic nitrogens is 2. The lowest BCUT2D eigenvalue weighted by Gasteiger charge is -2.17. The van der Waals surface area contributed by atoms with Crippen LogP contribution in [0.25, 0.3) is 0 Å². The van der Waals surface area contributed by atoms with E-state index in [1.807, 2.05) is 39.8 Å². The molecular weight excluding hydrogens is 344 g/mol. The molecule has 142 valence electrons. The van der Waals surface area contributed by atoms with Crippen LogP contribution in [0.5, 0.6) is 5.88 Å². The molecule has 1 fully saturated rings. The highest BCUT2D eigenvalue weighted by molar-refractivity contribution is 5.91. The van der Waals surface area contributed by atoms with Crippen molar-refractivity contribution in [3.8, 4) is 5.88 Å². The van der Waals surface area contributed by atoms with Gasteiger partial charge in [0.25, 0.3) is 0 Å². The van der Waals surface area contributed by atoms with E-state index in [0.29, 0.717) is 23.1 Å². The van der Waals surface area contributed by atoms with Gasteiger partial charge in [-0.1, -0.05) is 17.3 Å². The lowest BCUT2D eigenvalue weighted by atomic mass is 10.1. The molecule has 1 aliphatic rings. The summed E-state index contributed by atoms with van der Waals surface area (Å²) in [6.45, 7) is 7.63. The Bertz CT molecular complexity index is 874. The van der Waals surface area contributed by atoms with Gasteiger partial charge in [0, 0.05) is 17.2 Å². The third kappa shape index (κ3) is 4.61. The van der Waals surface area contributed by atoms with Gasteiger partial charge in [-0.15, -0.1) is 0 Å². The average molecular weight is 368 g/mol.